The van der Waals surface area contributed by atoms with Crippen LogP contribution < -0.4 is 5.73 Å². The van der Waals surface area contributed by atoms with E-state index >= 15 is 0 Å². The first-order valence-corrected chi connectivity index (χ1v) is 9.06. The second-order valence-electron chi connectivity index (χ2n) is 6.09. The number of likely N-dealkylation sites (tertiary alicyclic amines) is 1. The summed E-state index contributed by atoms with van der Waals surface area (Å²) < 4.78 is 26.6. The van der Waals surface area contributed by atoms with Gasteiger partial charge in [0.25, 0.3) is 0 Å². The van der Waals surface area contributed by atoms with Gasteiger partial charge in [-0.15, -0.1) is 0 Å². The minimum absolute atomic E-state index is 0.154. The van der Waals surface area contributed by atoms with Gasteiger partial charge in [0.05, 0.1) is 5.75 Å². The number of nitrogens with zero attached hydrogens (tertiary/aromatic N) is 2. The first-order chi connectivity index (χ1) is 10.2. The van der Waals surface area contributed by atoms with E-state index < -0.39 is 27.6 Å². The Bertz CT molecular complexity index is 560. The van der Waals surface area contributed by atoms with Crippen LogP contribution in [-0.4, -0.2) is 72.1 Å². The average molecular weight is 333 g/mol. The van der Waals surface area contributed by atoms with E-state index in [0.717, 1.165) is 6.42 Å². The highest BCUT2D eigenvalue weighted by atomic mass is 32.2. The lowest BCUT2D eigenvalue weighted by atomic mass is 9.87. The van der Waals surface area contributed by atoms with E-state index in [9.17, 15) is 18.0 Å². The molecule has 1 unspecified atom stereocenters. The fraction of sp³-hybridized carbons (Fsp3) is 0.846. The van der Waals surface area contributed by atoms with E-state index in [2.05, 4.69) is 0 Å². The van der Waals surface area contributed by atoms with Crippen LogP contribution in [0, 0.1) is 0 Å². The van der Waals surface area contributed by atoms with Crippen LogP contribution in [0.25, 0.3) is 0 Å². The van der Waals surface area contributed by atoms with Crippen molar-refractivity contribution in [2.75, 3.05) is 25.9 Å². The monoisotopic (exact) mass is 333 g/mol. The van der Waals surface area contributed by atoms with Crippen molar-refractivity contribution in [1.82, 2.24) is 9.21 Å². The molecule has 2 aliphatic rings. The van der Waals surface area contributed by atoms with Gasteiger partial charge in [-0.3, -0.25) is 9.59 Å². The third kappa shape index (κ3) is 2.97. The third-order valence-electron chi connectivity index (χ3n) is 4.62. The Morgan fingerprint density at radius 2 is 2.05 bits per heavy atom. The number of hydrogen-bond acceptors (Lipinski definition) is 5. The number of carbonyl (C=O) groups is 2. The summed E-state index contributed by atoms with van der Waals surface area (Å²) in [4.78, 5) is 24.8. The number of piperidine rings is 1. The van der Waals surface area contributed by atoms with Crippen molar-refractivity contribution in [3.63, 3.8) is 0 Å². The number of nitrogens with two attached hydrogens (primary N) is 1. The molecular formula is C13H23N3O5S. The predicted octanol–water partition coefficient (Wildman–Crippen LogP) is -0.795. The van der Waals surface area contributed by atoms with Gasteiger partial charge in [-0.2, -0.15) is 4.31 Å². The number of amides is 1. The van der Waals surface area contributed by atoms with Crippen LogP contribution in [0.5, 0.6) is 0 Å². The highest BCUT2D eigenvalue weighted by Gasteiger charge is 2.54. The molecule has 2 heterocycles. The van der Waals surface area contributed by atoms with E-state index in [1.807, 2.05) is 0 Å². The first kappa shape index (κ1) is 17.2. The zero-order valence-corrected chi connectivity index (χ0v) is 13.5. The van der Waals surface area contributed by atoms with Gasteiger partial charge in [0.15, 0.2) is 0 Å². The molecule has 8 nitrogen and oxygen atoms in total. The quantitative estimate of drug-likeness (QED) is 0.680. The Morgan fingerprint density at radius 1 is 1.36 bits per heavy atom. The van der Waals surface area contributed by atoms with Crippen molar-refractivity contribution in [3.8, 4) is 0 Å². The Morgan fingerprint density at radius 3 is 2.59 bits per heavy atom. The van der Waals surface area contributed by atoms with E-state index in [1.165, 1.54) is 4.31 Å². The van der Waals surface area contributed by atoms with Gasteiger partial charge in [-0.1, -0.05) is 0 Å². The van der Waals surface area contributed by atoms with Crippen LogP contribution in [0.3, 0.4) is 0 Å². The second kappa shape index (κ2) is 6.13. The molecule has 1 amide bonds. The second-order valence-corrected chi connectivity index (χ2v) is 8.10. The van der Waals surface area contributed by atoms with Crippen LogP contribution in [0.1, 0.15) is 32.1 Å². The van der Waals surface area contributed by atoms with E-state index in [1.54, 1.807) is 11.9 Å². The lowest BCUT2D eigenvalue weighted by Gasteiger charge is -2.42. The maximum Gasteiger partial charge on any atom is 0.320 e. The van der Waals surface area contributed by atoms with Crippen LogP contribution >= 0.6 is 0 Å². The zero-order chi connectivity index (χ0) is 16.5. The number of rotatable bonds is 5. The van der Waals surface area contributed by atoms with Crippen LogP contribution in [0.4, 0.5) is 0 Å². The molecule has 2 saturated heterocycles. The van der Waals surface area contributed by atoms with Crippen LogP contribution in [0.15, 0.2) is 0 Å². The van der Waals surface area contributed by atoms with Gasteiger partial charge < -0.3 is 15.7 Å². The topological polar surface area (TPSA) is 121 Å². The molecule has 0 radical (unpaired) electrons. The van der Waals surface area contributed by atoms with E-state index in [4.69, 9.17) is 10.8 Å². The summed E-state index contributed by atoms with van der Waals surface area (Å²) in [7, 11) is -2.04. The molecule has 2 atom stereocenters. The summed E-state index contributed by atoms with van der Waals surface area (Å²) in [5, 5.41) is 8.78. The van der Waals surface area contributed by atoms with Gasteiger partial charge in [0.2, 0.25) is 15.9 Å². The molecule has 2 fully saturated rings. The lowest BCUT2D eigenvalue weighted by Crippen LogP contribution is -2.59. The molecule has 9 heteroatoms. The number of carboxylic acid groups (broad SMARTS) is 1. The summed E-state index contributed by atoms with van der Waals surface area (Å²) in [5.41, 5.74) is 4.42. The summed E-state index contributed by atoms with van der Waals surface area (Å²) >= 11 is 0. The summed E-state index contributed by atoms with van der Waals surface area (Å²) in [6.07, 6.45) is 2.39. The fourth-order valence-electron chi connectivity index (χ4n) is 3.31. The molecule has 0 aromatic heterocycles. The third-order valence-corrected chi connectivity index (χ3v) is 6.58. The lowest BCUT2D eigenvalue weighted by molar-refractivity contribution is -0.138. The Balaban J connectivity index is 2.20. The number of carbonyl (C=O) groups excluding carboxylic acids is 1. The maximum absolute atomic E-state index is 12.6. The van der Waals surface area contributed by atoms with Gasteiger partial charge >= 0.3 is 5.97 Å². The Kier molecular flexibility index (Phi) is 4.78. The normalized spacial score (nSPS) is 28.3. The first-order valence-electron chi connectivity index (χ1n) is 7.45. The van der Waals surface area contributed by atoms with Crippen molar-refractivity contribution in [2.24, 2.45) is 5.73 Å². The molecule has 2 aliphatic heterocycles. The maximum atomic E-state index is 12.6. The van der Waals surface area contributed by atoms with Gasteiger partial charge in [-0.05, 0) is 32.1 Å². The highest BCUT2D eigenvalue weighted by Crippen LogP contribution is 2.39. The SMILES string of the molecule is CN1CCC2(CCCCN2S(=O)(=O)CC[C@H](N)C(=O)O)C1=O. The minimum atomic E-state index is -3.72. The standard InChI is InChI=1S/C13H23N3O5S/c1-15-8-6-13(12(15)19)5-2-3-7-16(13)22(20,21)9-4-10(14)11(17)18/h10H,2-9,14H2,1H3,(H,17,18)/t10-,13?/m0/s1. The van der Waals surface area contributed by atoms with Gasteiger partial charge in [0.1, 0.15) is 11.6 Å². The number of likely N-dealkylation sites (N-methyl/N-ethyl adjacent to an activating group) is 1. The zero-order valence-electron chi connectivity index (χ0n) is 12.7. The van der Waals surface area contributed by atoms with Gasteiger partial charge in [0, 0.05) is 20.1 Å². The van der Waals surface area contributed by atoms with Crippen molar-refractivity contribution < 1.29 is 23.1 Å². The molecule has 0 bridgehead atoms. The number of carboxylic acids is 1. The molecule has 0 aromatic rings. The summed E-state index contributed by atoms with van der Waals surface area (Å²) in [5.74, 6) is -1.72. The Hall–Kier alpha value is -1.19. The van der Waals surface area contributed by atoms with E-state index in [-0.39, 0.29) is 18.1 Å². The van der Waals surface area contributed by atoms with Crippen LogP contribution in [-0.2, 0) is 19.6 Å². The predicted molar refractivity (Wildman–Crippen MR) is 79.6 cm³/mol. The molecule has 0 saturated carbocycles. The average Bonchev–Trinajstić information content (AvgIpc) is 2.74. The molecule has 3 N–H and O–H groups in total. The number of hydrogen-bond donors (Lipinski definition) is 2. The summed E-state index contributed by atoms with van der Waals surface area (Å²) in [6.45, 7) is 0.851. The molecular weight excluding hydrogens is 310 g/mol. The largest absolute Gasteiger partial charge is 0.480 e. The fourth-order valence-corrected chi connectivity index (χ4v) is 5.28. The van der Waals surface area contributed by atoms with E-state index in [0.29, 0.717) is 32.4 Å². The molecule has 1 spiro atoms. The molecule has 0 aromatic carbocycles. The van der Waals surface area contributed by atoms with Crippen LogP contribution in [0.2, 0.25) is 0 Å². The molecule has 2 rings (SSSR count). The minimum Gasteiger partial charge on any atom is -0.480 e. The summed E-state index contributed by atoms with van der Waals surface area (Å²) in [6, 6.07) is -1.21. The molecule has 0 aliphatic carbocycles. The van der Waals surface area contributed by atoms with Gasteiger partial charge in [-0.25, -0.2) is 8.42 Å². The highest BCUT2D eigenvalue weighted by molar-refractivity contribution is 7.89. The molecule has 22 heavy (non-hydrogen) atoms. The Labute approximate surface area is 130 Å². The van der Waals surface area contributed by atoms with Crippen molar-refractivity contribution in [1.29, 1.82) is 0 Å². The molecule has 126 valence electrons. The number of aliphatic carboxylic acids is 1. The van der Waals surface area contributed by atoms with Crippen molar-refractivity contribution >= 4 is 21.9 Å². The van der Waals surface area contributed by atoms with Crippen molar-refractivity contribution in [2.45, 2.75) is 43.7 Å². The number of sulfonamides is 1. The smallest absolute Gasteiger partial charge is 0.320 e. The van der Waals surface area contributed by atoms with Crippen molar-refractivity contribution in [3.05, 3.63) is 0 Å².